The van der Waals surface area contributed by atoms with Crippen LogP contribution in [0.3, 0.4) is 0 Å². The van der Waals surface area contributed by atoms with E-state index < -0.39 is 0 Å². The van der Waals surface area contributed by atoms with E-state index in [0.717, 1.165) is 5.92 Å². The number of nitrogens with zero attached hydrogens (tertiary/aromatic N) is 1. The van der Waals surface area contributed by atoms with Crippen LogP contribution in [0, 0.1) is 5.92 Å². The molecule has 90 valence electrons. The highest BCUT2D eigenvalue weighted by atomic mass is 79.9. The van der Waals surface area contributed by atoms with Crippen LogP contribution < -0.4 is 5.73 Å². The zero-order valence-corrected chi connectivity index (χ0v) is 12.2. The van der Waals surface area contributed by atoms with E-state index >= 15 is 0 Å². The Balaban J connectivity index is 2.08. The van der Waals surface area contributed by atoms with Gasteiger partial charge in [-0.25, -0.2) is 0 Å². The first-order valence-electron chi connectivity index (χ1n) is 5.79. The lowest BCUT2D eigenvalue weighted by molar-refractivity contribution is 0.214. The predicted molar refractivity (Wildman–Crippen MR) is 73.8 cm³/mol. The maximum absolute atomic E-state index is 6.12. The normalized spacial score (nSPS) is 20.1. The molecule has 0 saturated heterocycles. The van der Waals surface area contributed by atoms with Crippen LogP contribution in [0.25, 0.3) is 0 Å². The number of nitrogens with two attached hydrogens (primary N) is 1. The van der Waals surface area contributed by atoms with Crippen molar-refractivity contribution in [3.8, 4) is 0 Å². The summed E-state index contributed by atoms with van der Waals surface area (Å²) < 4.78 is 1.19. The van der Waals surface area contributed by atoms with Gasteiger partial charge in [0.1, 0.15) is 0 Å². The summed E-state index contributed by atoms with van der Waals surface area (Å²) in [4.78, 5) is 3.78. The summed E-state index contributed by atoms with van der Waals surface area (Å²) in [6, 6.07) is 4.83. The van der Waals surface area contributed by atoms with E-state index in [1.807, 2.05) is 0 Å². The van der Waals surface area contributed by atoms with Gasteiger partial charge in [0.05, 0.1) is 9.83 Å². The highest BCUT2D eigenvalue weighted by Gasteiger charge is 2.29. The first kappa shape index (κ1) is 12.6. The Morgan fingerprint density at radius 3 is 2.69 bits per heavy atom. The molecule has 2 rings (SSSR count). The van der Waals surface area contributed by atoms with Crippen LogP contribution in [-0.2, 0) is 0 Å². The zero-order chi connectivity index (χ0) is 11.7. The lowest BCUT2D eigenvalue weighted by Gasteiger charge is -2.30. The molecule has 4 heteroatoms. The average molecular weight is 303 g/mol. The first-order valence-corrected chi connectivity index (χ1v) is 7.40. The van der Waals surface area contributed by atoms with Gasteiger partial charge in [0, 0.05) is 17.5 Å². The van der Waals surface area contributed by atoms with E-state index in [2.05, 4.69) is 46.9 Å². The van der Waals surface area contributed by atoms with Gasteiger partial charge in [0.15, 0.2) is 0 Å². The van der Waals surface area contributed by atoms with Crippen LogP contribution in [0.2, 0.25) is 0 Å². The van der Waals surface area contributed by atoms with E-state index in [1.54, 1.807) is 11.3 Å². The molecule has 2 nitrogen and oxygen atoms in total. The molecule has 0 bridgehead atoms. The van der Waals surface area contributed by atoms with Crippen molar-refractivity contribution >= 4 is 27.3 Å². The second-order valence-corrected chi connectivity index (χ2v) is 7.32. The minimum Gasteiger partial charge on any atom is -0.326 e. The lowest BCUT2D eigenvalue weighted by atomic mass is 10.1. The smallest absolute Gasteiger partial charge is 0.0702 e. The Labute approximate surface area is 110 Å². The van der Waals surface area contributed by atoms with Gasteiger partial charge in [-0.05, 0) is 60.8 Å². The van der Waals surface area contributed by atoms with Crippen LogP contribution in [0.15, 0.2) is 15.9 Å². The standard InChI is InChI=1S/C12H19BrN2S/c1-8(14)12(10-5-6-11(13)16-10)15(2)7-9-3-4-9/h5-6,8-9,12H,3-4,7,14H2,1-2H3. The molecular weight excluding hydrogens is 284 g/mol. The first-order chi connectivity index (χ1) is 7.58. The van der Waals surface area contributed by atoms with Gasteiger partial charge in [0.2, 0.25) is 0 Å². The quantitative estimate of drug-likeness (QED) is 0.905. The monoisotopic (exact) mass is 302 g/mol. The molecule has 1 aromatic heterocycles. The molecule has 1 saturated carbocycles. The van der Waals surface area contributed by atoms with Crippen molar-refractivity contribution in [1.29, 1.82) is 0 Å². The summed E-state index contributed by atoms with van der Waals surface area (Å²) in [5.74, 6) is 0.912. The zero-order valence-electron chi connectivity index (χ0n) is 9.82. The van der Waals surface area contributed by atoms with Gasteiger partial charge >= 0.3 is 0 Å². The number of rotatable bonds is 5. The number of hydrogen-bond acceptors (Lipinski definition) is 3. The molecule has 2 unspecified atom stereocenters. The summed E-state index contributed by atoms with van der Waals surface area (Å²) >= 11 is 5.32. The summed E-state index contributed by atoms with van der Waals surface area (Å²) in [5, 5.41) is 0. The van der Waals surface area contributed by atoms with Gasteiger partial charge < -0.3 is 5.73 Å². The summed E-state index contributed by atoms with van der Waals surface area (Å²) in [7, 11) is 2.19. The van der Waals surface area contributed by atoms with Crippen LogP contribution >= 0.6 is 27.3 Å². The highest BCUT2D eigenvalue weighted by Crippen LogP contribution is 2.35. The fourth-order valence-corrected chi connectivity index (χ4v) is 3.89. The fourth-order valence-electron chi connectivity index (χ4n) is 2.19. The Morgan fingerprint density at radius 2 is 2.25 bits per heavy atom. The van der Waals surface area contributed by atoms with Crippen molar-refractivity contribution in [2.24, 2.45) is 11.7 Å². The van der Waals surface area contributed by atoms with Crippen LogP contribution in [-0.4, -0.2) is 24.5 Å². The molecule has 0 amide bonds. The Kier molecular flexibility index (Phi) is 4.06. The Bertz CT molecular complexity index is 347. The summed E-state index contributed by atoms with van der Waals surface area (Å²) in [6.07, 6.45) is 2.79. The molecule has 0 aliphatic heterocycles. The van der Waals surface area contributed by atoms with Crippen molar-refractivity contribution in [3.05, 3.63) is 20.8 Å². The van der Waals surface area contributed by atoms with E-state index in [9.17, 15) is 0 Å². The molecule has 0 aromatic carbocycles. The van der Waals surface area contributed by atoms with Crippen LogP contribution in [0.4, 0.5) is 0 Å². The van der Waals surface area contributed by atoms with Crippen molar-refractivity contribution in [2.75, 3.05) is 13.6 Å². The number of likely N-dealkylation sites (N-methyl/N-ethyl adjacent to an activating group) is 1. The third-order valence-electron chi connectivity index (χ3n) is 3.10. The third-order valence-corrected chi connectivity index (χ3v) is 4.80. The van der Waals surface area contributed by atoms with Crippen molar-refractivity contribution < 1.29 is 0 Å². The second kappa shape index (κ2) is 5.17. The van der Waals surface area contributed by atoms with Gasteiger partial charge in [-0.2, -0.15) is 0 Å². The topological polar surface area (TPSA) is 29.3 Å². The summed E-state index contributed by atoms with van der Waals surface area (Å²) in [5.41, 5.74) is 6.12. The molecule has 1 fully saturated rings. The van der Waals surface area contributed by atoms with Gasteiger partial charge in [0.25, 0.3) is 0 Å². The molecule has 16 heavy (non-hydrogen) atoms. The van der Waals surface area contributed by atoms with Gasteiger partial charge in [-0.1, -0.05) is 0 Å². The molecule has 1 aliphatic rings. The predicted octanol–water partition coefficient (Wildman–Crippen LogP) is 3.24. The van der Waals surface area contributed by atoms with Crippen molar-refractivity contribution in [3.63, 3.8) is 0 Å². The van der Waals surface area contributed by atoms with Crippen LogP contribution in [0.5, 0.6) is 0 Å². The van der Waals surface area contributed by atoms with Crippen molar-refractivity contribution in [2.45, 2.75) is 31.8 Å². The molecule has 0 radical (unpaired) electrons. The minimum absolute atomic E-state index is 0.175. The molecule has 0 spiro atoms. The maximum atomic E-state index is 6.12. The molecule has 2 atom stereocenters. The van der Waals surface area contributed by atoms with Crippen molar-refractivity contribution in [1.82, 2.24) is 4.90 Å². The van der Waals surface area contributed by atoms with Gasteiger partial charge in [-0.3, -0.25) is 4.90 Å². The number of hydrogen-bond donors (Lipinski definition) is 1. The Morgan fingerprint density at radius 1 is 1.56 bits per heavy atom. The molecule has 1 aliphatic carbocycles. The SMILES string of the molecule is CC(N)C(c1ccc(Br)s1)N(C)CC1CC1. The maximum Gasteiger partial charge on any atom is 0.0702 e. The number of thiophene rings is 1. The van der Waals surface area contributed by atoms with E-state index in [0.29, 0.717) is 6.04 Å². The third kappa shape index (κ3) is 3.06. The number of halogens is 1. The molecule has 1 heterocycles. The minimum atomic E-state index is 0.175. The lowest BCUT2D eigenvalue weighted by Crippen LogP contribution is -2.37. The van der Waals surface area contributed by atoms with Crippen LogP contribution in [0.1, 0.15) is 30.7 Å². The fraction of sp³-hybridized carbons (Fsp3) is 0.667. The van der Waals surface area contributed by atoms with E-state index in [4.69, 9.17) is 5.73 Å². The van der Waals surface area contributed by atoms with E-state index in [1.165, 1.54) is 28.0 Å². The molecule has 2 N–H and O–H groups in total. The van der Waals surface area contributed by atoms with Gasteiger partial charge in [-0.15, -0.1) is 11.3 Å². The molecular formula is C12H19BrN2S. The average Bonchev–Trinajstić information content (AvgIpc) is 2.89. The Hall–Kier alpha value is 0.1000. The van der Waals surface area contributed by atoms with E-state index in [-0.39, 0.29) is 6.04 Å². The summed E-state index contributed by atoms with van der Waals surface area (Å²) in [6.45, 7) is 3.28. The second-order valence-electron chi connectivity index (χ2n) is 4.83. The largest absolute Gasteiger partial charge is 0.326 e. The highest BCUT2D eigenvalue weighted by molar-refractivity contribution is 9.11. The molecule has 1 aromatic rings.